The van der Waals surface area contributed by atoms with Gasteiger partial charge in [-0.25, -0.2) is 4.79 Å². The number of ether oxygens (including phenoxy) is 1. The Morgan fingerprint density at radius 3 is 2.50 bits per heavy atom. The summed E-state index contributed by atoms with van der Waals surface area (Å²) in [5, 5.41) is 14.2. The van der Waals surface area contributed by atoms with Gasteiger partial charge < -0.3 is 15.2 Å². The summed E-state index contributed by atoms with van der Waals surface area (Å²) in [5.74, 6) is -0.886. The fourth-order valence-corrected chi connectivity index (χ4v) is 2.81. The number of carbonyl (C=O) groups is 2. The van der Waals surface area contributed by atoms with Crippen LogP contribution in [-0.4, -0.2) is 29.3 Å². The topological polar surface area (TPSA) is 75.6 Å². The van der Waals surface area contributed by atoms with E-state index in [9.17, 15) is 14.7 Å². The zero-order valence-corrected chi connectivity index (χ0v) is 14.5. The van der Waals surface area contributed by atoms with Gasteiger partial charge in [0.15, 0.2) is 0 Å². The summed E-state index contributed by atoms with van der Waals surface area (Å²) in [4.78, 5) is 24.6. The van der Waals surface area contributed by atoms with Crippen LogP contribution in [0.1, 0.15) is 45.4 Å². The van der Waals surface area contributed by atoms with Gasteiger partial charge >= 0.3 is 12.1 Å². The molecule has 124 valence electrons. The highest BCUT2D eigenvalue weighted by Gasteiger charge is 2.37. The Hall–Kier alpha value is -1.56. The van der Waals surface area contributed by atoms with Crippen LogP contribution in [0.15, 0.2) is 17.5 Å². The Bertz CT molecular complexity index is 493. The number of aryl methyl sites for hydroxylation is 1. The van der Waals surface area contributed by atoms with E-state index in [-0.39, 0.29) is 6.54 Å². The highest BCUT2D eigenvalue weighted by atomic mass is 32.1. The molecule has 1 rings (SSSR count). The van der Waals surface area contributed by atoms with Crippen molar-refractivity contribution in [2.45, 2.75) is 52.6 Å². The van der Waals surface area contributed by atoms with Crippen molar-refractivity contribution in [2.24, 2.45) is 5.41 Å². The molecule has 0 aliphatic carbocycles. The van der Waals surface area contributed by atoms with Gasteiger partial charge in [-0.15, -0.1) is 11.3 Å². The molecular weight excluding hydrogens is 302 g/mol. The fourth-order valence-electron chi connectivity index (χ4n) is 2.10. The van der Waals surface area contributed by atoms with Gasteiger partial charge in [-0.05, 0) is 51.5 Å². The molecule has 0 radical (unpaired) electrons. The quantitative estimate of drug-likeness (QED) is 0.801. The van der Waals surface area contributed by atoms with Crippen LogP contribution in [0.4, 0.5) is 4.79 Å². The standard InChI is InChI=1S/C16H25NO4S/c1-5-16(13(18)19,9-8-12-7-6-10-22-12)11-17-14(20)21-15(2,3)4/h6-7,10H,5,8-9,11H2,1-4H3,(H,17,20)(H,18,19). The van der Waals surface area contributed by atoms with Crippen LogP contribution in [0, 0.1) is 5.41 Å². The minimum atomic E-state index is -0.971. The zero-order chi connectivity index (χ0) is 16.8. The predicted octanol–water partition coefficient (Wildman–Crippen LogP) is 3.69. The van der Waals surface area contributed by atoms with Crippen molar-refractivity contribution < 1.29 is 19.4 Å². The number of carbonyl (C=O) groups excluding carboxylic acids is 1. The van der Waals surface area contributed by atoms with E-state index in [1.807, 2.05) is 24.4 Å². The lowest BCUT2D eigenvalue weighted by Crippen LogP contribution is -2.44. The Balaban J connectivity index is 2.67. The van der Waals surface area contributed by atoms with Crippen LogP contribution < -0.4 is 5.32 Å². The first-order valence-electron chi connectivity index (χ1n) is 7.41. The van der Waals surface area contributed by atoms with E-state index in [4.69, 9.17) is 4.74 Å². The van der Waals surface area contributed by atoms with Crippen LogP contribution in [0.25, 0.3) is 0 Å². The molecule has 1 atom stereocenters. The van der Waals surface area contributed by atoms with Crippen LogP contribution in [-0.2, 0) is 16.0 Å². The molecule has 5 nitrogen and oxygen atoms in total. The van der Waals surface area contributed by atoms with Crippen molar-refractivity contribution >= 4 is 23.4 Å². The number of carboxylic acids is 1. The number of thiophene rings is 1. The van der Waals surface area contributed by atoms with Crippen LogP contribution in [0.2, 0.25) is 0 Å². The molecule has 0 aliphatic heterocycles. The summed E-state index contributed by atoms with van der Waals surface area (Å²) in [7, 11) is 0. The van der Waals surface area contributed by atoms with Crippen LogP contribution >= 0.6 is 11.3 Å². The van der Waals surface area contributed by atoms with Gasteiger partial charge in [0.05, 0.1) is 5.41 Å². The molecule has 0 aromatic carbocycles. The van der Waals surface area contributed by atoms with Crippen molar-refractivity contribution in [3.05, 3.63) is 22.4 Å². The second-order valence-corrected chi connectivity index (χ2v) is 7.41. The number of hydrogen-bond donors (Lipinski definition) is 2. The maximum absolute atomic E-state index is 11.8. The molecule has 0 spiro atoms. The van der Waals surface area contributed by atoms with E-state index < -0.39 is 23.1 Å². The Morgan fingerprint density at radius 2 is 2.05 bits per heavy atom. The molecule has 1 aromatic heterocycles. The fraction of sp³-hybridized carbons (Fsp3) is 0.625. The lowest BCUT2D eigenvalue weighted by atomic mass is 9.80. The lowest BCUT2D eigenvalue weighted by molar-refractivity contribution is -0.149. The zero-order valence-electron chi connectivity index (χ0n) is 13.6. The molecule has 1 amide bonds. The van der Waals surface area contributed by atoms with E-state index in [1.54, 1.807) is 32.1 Å². The summed E-state index contributed by atoms with van der Waals surface area (Å²) in [6, 6.07) is 3.95. The van der Waals surface area contributed by atoms with Crippen molar-refractivity contribution in [2.75, 3.05) is 6.54 Å². The minimum absolute atomic E-state index is 0.0686. The molecule has 0 fully saturated rings. The summed E-state index contributed by atoms with van der Waals surface area (Å²) < 4.78 is 5.17. The highest BCUT2D eigenvalue weighted by Crippen LogP contribution is 2.29. The number of rotatable bonds is 7. The van der Waals surface area contributed by atoms with Gasteiger partial charge in [-0.2, -0.15) is 0 Å². The molecule has 0 aliphatic rings. The van der Waals surface area contributed by atoms with Crippen LogP contribution in [0.5, 0.6) is 0 Å². The molecule has 1 heterocycles. The SMILES string of the molecule is CCC(CCc1cccs1)(CNC(=O)OC(C)(C)C)C(=O)O. The molecule has 6 heteroatoms. The second-order valence-electron chi connectivity index (χ2n) is 6.37. The summed E-state index contributed by atoms with van der Waals surface area (Å²) in [6.07, 6.45) is 1.04. The van der Waals surface area contributed by atoms with Crippen molar-refractivity contribution in [1.82, 2.24) is 5.32 Å². The van der Waals surface area contributed by atoms with Gasteiger partial charge in [0.2, 0.25) is 0 Å². The van der Waals surface area contributed by atoms with Gasteiger partial charge in [-0.1, -0.05) is 13.0 Å². The summed E-state index contributed by atoms with van der Waals surface area (Å²) in [6.45, 7) is 7.22. The van der Waals surface area contributed by atoms with E-state index in [0.717, 1.165) is 4.88 Å². The summed E-state index contributed by atoms with van der Waals surface area (Å²) >= 11 is 1.61. The number of aliphatic carboxylic acids is 1. The molecule has 1 unspecified atom stereocenters. The normalized spacial score (nSPS) is 14.2. The average Bonchev–Trinajstić information content (AvgIpc) is 2.90. The van der Waals surface area contributed by atoms with E-state index >= 15 is 0 Å². The third-order valence-corrected chi connectivity index (χ3v) is 4.47. The van der Waals surface area contributed by atoms with Crippen molar-refractivity contribution in [3.8, 4) is 0 Å². The molecule has 0 saturated heterocycles. The predicted molar refractivity (Wildman–Crippen MR) is 87.2 cm³/mol. The average molecular weight is 327 g/mol. The van der Waals surface area contributed by atoms with E-state index in [2.05, 4.69) is 5.32 Å². The third-order valence-electron chi connectivity index (χ3n) is 3.53. The highest BCUT2D eigenvalue weighted by molar-refractivity contribution is 7.09. The molecule has 0 bridgehead atoms. The summed E-state index contributed by atoms with van der Waals surface area (Å²) in [5.41, 5.74) is -1.57. The molecule has 2 N–H and O–H groups in total. The van der Waals surface area contributed by atoms with E-state index in [0.29, 0.717) is 19.3 Å². The van der Waals surface area contributed by atoms with Crippen molar-refractivity contribution in [3.63, 3.8) is 0 Å². The van der Waals surface area contributed by atoms with Gasteiger partial charge in [0, 0.05) is 11.4 Å². The maximum atomic E-state index is 11.8. The first kappa shape index (κ1) is 18.5. The lowest BCUT2D eigenvalue weighted by Gasteiger charge is -2.29. The largest absolute Gasteiger partial charge is 0.481 e. The van der Waals surface area contributed by atoms with Crippen molar-refractivity contribution in [1.29, 1.82) is 0 Å². The first-order chi connectivity index (χ1) is 10.2. The Labute approximate surface area is 135 Å². The molecular formula is C16H25NO4S. The molecule has 22 heavy (non-hydrogen) atoms. The number of hydrogen-bond acceptors (Lipinski definition) is 4. The van der Waals surface area contributed by atoms with E-state index in [1.165, 1.54) is 0 Å². The van der Waals surface area contributed by atoms with Gasteiger partial charge in [-0.3, -0.25) is 4.79 Å². The number of nitrogens with one attached hydrogen (secondary N) is 1. The second kappa shape index (κ2) is 7.63. The number of carboxylic acid groups (broad SMARTS) is 1. The van der Waals surface area contributed by atoms with Crippen LogP contribution in [0.3, 0.4) is 0 Å². The number of alkyl carbamates (subject to hydrolysis) is 1. The maximum Gasteiger partial charge on any atom is 0.407 e. The first-order valence-corrected chi connectivity index (χ1v) is 8.29. The smallest absolute Gasteiger partial charge is 0.407 e. The minimum Gasteiger partial charge on any atom is -0.481 e. The van der Waals surface area contributed by atoms with Gasteiger partial charge in [0.25, 0.3) is 0 Å². The molecule has 1 aromatic rings. The molecule has 0 saturated carbocycles. The van der Waals surface area contributed by atoms with Gasteiger partial charge in [0.1, 0.15) is 5.60 Å². The third kappa shape index (κ3) is 5.67. The Kier molecular flexibility index (Phi) is 6.41. The monoisotopic (exact) mass is 327 g/mol. The Morgan fingerprint density at radius 1 is 1.36 bits per heavy atom. The number of amides is 1.